The maximum Gasteiger partial charge on any atom is 0.261 e. The van der Waals surface area contributed by atoms with Crippen molar-refractivity contribution in [3.05, 3.63) is 69.1 Å². The maximum atomic E-state index is 12.3. The van der Waals surface area contributed by atoms with Crippen LogP contribution in [0.3, 0.4) is 0 Å². The molecule has 0 aliphatic heterocycles. The zero-order valence-electron chi connectivity index (χ0n) is 13.4. The number of hydrogen-bond donors (Lipinski definition) is 2. The van der Waals surface area contributed by atoms with Crippen molar-refractivity contribution in [1.82, 2.24) is 10.3 Å². The zero-order chi connectivity index (χ0) is 16.2. The van der Waals surface area contributed by atoms with Crippen LogP contribution in [0.5, 0.6) is 0 Å². The molecule has 3 rings (SSSR count). The van der Waals surface area contributed by atoms with E-state index in [9.17, 15) is 9.59 Å². The van der Waals surface area contributed by atoms with Gasteiger partial charge in [-0.2, -0.15) is 0 Å². The van der Waals surface area contributed by atoms with Gasteiger partial charge in [0.1, 0.15) is 5.56 Å². The lowest BCUT2D eigenvalue weighted by Crippen LogP contribution is -2.32. The molecule has 120 valence electrons. The molecule has 1 unspecified atom stereocenters. The van der Waals surface area contributed by atoms with Gasteiger partial charge in [-0.1, -0.05) is 37.3 Å². The molecule has 1 aromatic heterocycles. The second-order valence-electron chi connectivity index (χ2n) is 6.36. The highest BCUT2D eigenvalue weighted by Crippen LogP contribution is 2.23. The summed E-state index contributed by atoms with van der Waals surface area (Å²) in [6.07, 6.45) is 3.66. The van der Waals surface area contributed by atoms with Crippen LogP contribution in [-0.2, 0) is 19.3 Å². The lowest BCUT2D eigenvalue weighted by Gasteiger charge is -2.21. The van der Waals surface area contributed by atoms with E-state index in [0.717, 1.165) is 36.9 Å². The van der Waals surface area contributed by atoms with Crippen LogP contribution in [0.1, 0.15) is 40.5 Å². The standard InChI is InChI=1S/C19H22N2O2/c1-13-7-8-17-15(11-13)12-16(19(23)21-17)18(22)20-10-9-14-5-3-2-4-6-14/h2-6,12-13H,7-11H2,1H3,(H,20,22)(H,21,23). The molecule has 1 aromatic carbocycles. The first-order valence-electron chi connectivity index (χ1n) is 8.20. The van der Waals surface area contributed by atoms with Crippen molar-refractivity contribution < 1.29 is 4.79 Å². The number of carbonyl (C=O) groups is 1. The molecule has 23 heavy (non-hydrogen) atoms. The Morgan fingerprint density at radius 1 is 1.30 bits per heavy atom. The number of aromatic nitrogens is 1. The van der Waals surface area contributed by atoms with Crippen molar-refractivity contribution in [1.29, 1.82) is 0 Å². The van der Waals surface area contributed by atoms with Gasteiger partial charge in [-0.15, -0.1) is 0 Å². The monoisotopic (exact) mass is 310 g/mol. The van der Waals surface area contributed by atoms with E-state index < -0.39 is 0 Å². The first-order chi connectivity index (χ1) is 11.1. The Balaban J connectivity index is 1.67. The number of fused-ring (bicyclic) bond motifs is 1. The molecule has 2 N–H and O–H groups in total. The van der Waals surface area contributed by atoms with Gasteiger partial charge in [0.25, 0.3) is 11.5 Å². The maximum absolute atomic E-state index is 12.3. The fourth-order valence-corrected chi connectivity index (χ4v) is 3.11. The highest BCUT2D eigenvalue weighted by molar-refractivity contribution is 5.94. The lowest BCUT2D eigenvalue weighted by molar-refractivity contribution is 0.0952. The molecule has 1 heterocycles. The topological polar surface area (TPSA) is 62.0 Å². The first-order valence-corrected chi connectivity index (χ1v) is 8.20. The number of carbonyl (C=O) groups excluding carboxylic acids is 1. The molecule has 0 fully saturated rings. The molecule has 2 aromatic rings. The minimum Gasteiger partial charge on any atom is -0.352 e. The molecule has 0 saturated carbocycles. The average molecular weight is 310 g/mol. The van der Waals surface area contributed by atoms with Crippen molar-refractivity contribution in [2.75, 3.05) is 6.54 Å². The molecule has 1 amide bonds. The SMILES string of the molecule is CC1CCc2[nH]c(=O)c(C(=O)NCCc3ccccc3)cc2C1. The summed E-state index contributed by atoms with van der Waals surface area (Å²) in [5.74, 6) is 0.311. The summed E-state index contributed by atoms with van der Waals surface area (Å²) in [6, 6.07) is 11.8. The van der Waals surface area contributed by atoms with Gasteiger partial charge in [0.15, 0.2) is 0 Å². The van der Waals surface area contributed by atoms with Crippen molar-refractivity contribution in [3.8, 4) is 0 Å². The first kappa shape index (κ1) is 15.5. The molecule has 0 radical (unpaired) electrons. The third-order valence-electron chi connectivity index (χ3n) is 4.46. The van der Waals surface area contributed by atoms with E-state index >= 15 is 0 Å². The van der Waals surface area contributed by atoms with E-state index in [-0.39, 0.29) is 17.0 Å². The van der Waals surface area contributed by atoms with Crippen LogP contribution < -0.4 is 10.9 Å². The number of hydrogen-bond acceptors (Lipinski definition) is 2. The van der Waals surface area contributed by atoms with E-state index in [0.29, 0.717) is 12.5 Å². The summed E-state index contributed by atoms with van der Waals surface area (Å²) in [5.41, 5.74) is 3.22. The molecule has 0 bridgehead atoms. The van der Waals surface area contributed by atoms with Gasteiger partial charge >= 0.3 is 0 Å². The summed E-state index contributed by atoms with van der Waals surface area (Å²) in [6.45, 7) is 2.73. The normalized spacial score (nSPS) is 16.7. The minimum absolute atomic E-state index is 0.228. The van der Waals surface area contributed by atoms with Gasteiger partial charge in [0.2, 0.25) is 0 Å². The molecular formula is C19H22N2O2. The van der Waals surface area contributed by atoms with Crippen LogP contribution in [0.25, 0.3) is 0 Å². The van der Waals surface area contributed by atoms with Crippen LogP contribution in [0, 0.1) is 5.92 Å². The molecule has 1 aliphatic carbocycles. The Labute approximate surface area is 135 Å². The fraction of sp³-hybridized carbons (Fsp3) is 0.368. The predicted molar refractivity (Wildman–Crippen MR) is 90.7 cm³/mol. The number of benzene rings is 1. The Morgan fingerprint density at radius 2 is 2.09 bits per heavy atom. The predicted octanol–water partition coefficient (Wildman–Crippen LogP) is 2.47. The number of H-pyrrole nitrogens is 1. The Bertz CT molecular complexity index is 750. The van der Waals surface area contributed by atoms with Crippen LogP contribution >= 0.6 is 0 Å². The molecule has 1 aliphatic rings. The van der Waals surface area contributed by atoms with Crippen molar-refractivity contribution in [3.63, 3.8) is 0 Å². The highest BCUT2D eigenvalue weighted by Gasteiger charge is 2.19. The van der Waals surface area contributed by atoms with Gasteiger partial charge in [0.05, 0.1) is 0 Å². The third kappa shape index (κ3) is 3.70. The second kappa shape index (κ2) is 6.82. The number of nitrogens with one attached hydrogen (secondary N) is 2. The van der Waals surface area contributed by atoms with E-state index in [4.69, 9.17) is 0 Å². The van der Waals surface area contributed by atoms with E-state index in [1.165, 1.54) is 5.56 Å². The van der Waals surface area contributed by atoms with Crippen LogP contribution in [0.15, 0.2) is 41.2 Å². The van der Waals surface area contributed by atoms with Crippen molar-refractivity contribution in [2.24, 2.45) is 5.92 Å². The zero-order valence-corrected chi connectivity index (χ0v) is 13.4. The molecule has 4 heteroatoms. The number of amides is 1. The summed E-state index contributed by atoms with van der Waals surface area (Å²) in [5, 5.41) is 2.85. The lowest BCUT2D eigenvalue weighted by atomic mass is 9.87. The third-order valence-corrected chi connectivity index (χ3v) is 4.46. The largest absolute Gasteiger partial charge is 0.352 e. The average Bonchev–Trinajstić information content (AvgIpc) is 2.55. The van der Waals surface area contributed by atoms with E-state index in [2.05, 4.69) is 17.2 Å². The van der Waals surface area contributed by atoms with E-state index in [1.54, 1.807) is 6.07 Å². The number of aromatic amines is 1. The van der Waals surface area contributed by atoms with Crippen molar-refractivity contribution >= 4 is 5.91 Å². The van der Waals surface area contributed by atoms with Gasteiger partial charge in [-0.3, -0.25) is 9.59 Å². The highest BCUT2D eigenvalue weighted by atomic mass is 16.2. The van der Waals surface area contributed by atoms with E-state index in [1.807, 2.05) is 30.3 Å². The van der Waals surface area contributed by atoms with Crippen LogP contribution in [0.4, 0.5) is 0 Å². The Kier molecular flexibility index (Phi) is 4.60. The molecule has 4 nitrogen and oxygen atoms in total. The Morgan fingerprint density at radius 3 is 2.87 bits per heavy atom. The summed E-state index contributed by atoms with van der Waals surface area (Å²) in [7, 11) is 0. The van der Waals surface area contributed by atoms with Gasteiger partial charge in [-0.25, -0.2) is 0 Å². The number of rotatable bonds is 4. The summed E-state index contributed by atoms with van der Waals surface area (Å²) < 4.78 is 0. The van der Waals surface area contributed by atoms with Crippen molar-refractivity contribution in [2.45, 2.75) is 32.6 Å². The summed E-state index contributed by atoms with van der Waals surface area (Å²) in [4.78, 5) is 27.3. The molecular weight excluding hydrogens is 288 g/mol. The number of pyridine rings is 1. The number of aryl methyl sites for hydroxylation is 1. The summed E-state index contributed by atoms with van der Waals surface area (Å²) >= 11 is 0. The van der Waals surface area contributed by atoms with Crippen LogP contribution in [0.2, 0.25) is 0 Å². The molecule has 1 atom stereocenters. The molecule has 0 saturated heterocycles. The van der Waals surface area contributed by atoms with Gasteiger partial charge < -0.3 is 10.3 Å². The smallest absolute Gasteiger partial charge is 0.261 e. The molecule has 0 spiro atoms. The Hall–Kier alpha value is -2.36. The quantitative estimate of drug-likeness (QED) is 0.911. The van der Waals surface area contributed by atoms with Gasteiger partial charge in [-0.05, 0) is 48.8 Å². The van der Waals surface area contributed by atoms with Crippen LogP contribution in [-0.4, -0.2) is 17.4 Å². The van der Waals surface area contributed by atoms with Gasteiger partial charge in [0, 0.05) is 12.2 Å². The fourth-order valence-electron chi connectivity index (χ4n) is 3.11. The second-order valence-corrected chi connectivity index (χ2v) is 6.36. The minimum atomic E-state index is -0.289.